The van der Waals surface area contributed by atoms with Gasteiger partial charge >= 0.3 is 0 Å². The van der Waals surface area contributed by atoms with Crippen molar-refractivity contribution in [3.05, 3.63) is 28.3 Å². The van der Waals surface area contributed by atoms with E-state index >= 15 is 0 Å². The Hall–Kier alpha value is -2.34. The van der Waals surface area contributed by atoms with Crippen LogP contribution in [0.3, 0.4) is 0 Å². The molecule has 2 atom stereocenters. The zero-order valence-electron chi connectivity index (χ0n) is 13.4. The van der Waals surface area contributed by atoms with Crippen molar-refractivity contribution in [3.8, 4) is 17.2 Å². The van der Waals surface area contributed by atoms with E-state index in [4.69, 9.17) is 14.2 Å². The number of ketones is 2. The van der Waals surface area contributed by atoms with Crippen molar-refractivity contribution in [3.63, 3.8) is 0 Å². The molecule has 6 nitrogen and oxygen atoms in total. The van der Waals surface area contributed by atoms with Crippen LogP contribution in [0.5, 0.6) is 17.2 Å². The molecule has 0 amide bonds. The van der Waals surface area contributed by atoms with Gasteiger partial charge in [-0.1, -0.05) is 0 Å². The number of hydrogen-bond acceptors (Lipinski definition) is 6. The van der Waals surface area contributed by atoms with Gasteiger partial charge in [0, 0.05) is 23.1 Å². The third kappa shape index (κ3) is 2.13. The fourth-order valence-electron chi connectivity index (χ4n) is 3.36. The van der Waals surface area contributed by atoms with Crippen LogP contribution in [0.15, 0.2) is 17.2 Å². The van der Waals surface area contributed by atoms with Crippen molar-refractivity contribution in [1.82, 2.24) is 0 Å². The minimum absolute atomic E-state index is 0.0363. The number of rotatable bonds is 2. The number of phenolic OH excluding ortho intramolecular Hbond substituents is 1. The summed E-state index contributed by atoms with van der Waals surface area (Å²) >= 11 is 0. The van der Waals surface area contributed by atoms with Gasteiger partial charge in [-0.25, -0.2) is 0 Å². The van der Waals surface area contributed by atoms with Gasteiger partial charge in [-0.3, -0.25) is 9.59 Å². The number of Topliss-reactive ketones (excluding diaryl/α,β-unsaturated/α-hetero) is 2. The maximum Gasteiger partial charge on any atom is 0.203 e. The van der Waals surface area contributed by atoms with Gasteiger partial charge in [0.1, 0.15) is 0 Å². The van der Waals surface area contributed by atoms with E-state index in [2.05, 4.69) is 0 Å². The van der Waals surface area contributed by atoms with Gasteiger partial charge in [0.15, 0.2) is 23.1 Å². The Balaban J connectivity index is 2.29. The molecule has 0 saturated heterocycles. The third-order valence-corrected chi connectivity index (χ3v) is 4.27. The Kier molecular flexibility index (Phi) is 3.64. The standard InChI is InChI=1S/C17H18O6/c1-7-5-9-12(8(2)23-7)15(20)13-10(14(9)19)6-11(18)16(21-3)17(13)22-4/h6-8,18H,5H2,1-4H3/t7?,8-/m1/s1. The molecule has 0 fully saturated rings. The van der Waals surface area contributed by atoms with Gasteiger partial charge in [-0.15, -0.1) is 0 Å². The first kappa shape index (κ1) is 15.6. The summed E-state index contributed by atoms with van der Waals surface area (Å²) < 4.78 is 16.1. The molecular formula is C17H18O6. The van der Waals surface area contributed by atoms with Crippen LogP contribution in [0.1, 0.15) is 41.0 Å². The SMILES string of the molecule is COc1c(O)cc2c(c1OC)C(=O)C1=C(CC(C)O[C@@H]1C)C2=O. The molecule has 6 heteroatoms. The summed E-state index contributed by atoms with van der Waals surface area (Å²) in [6.07, 6.45) is -0.239. The van der Waals surface area contributed by atoms with Gasteiger partial charge in [0.2, 0.25) is 5.75 Å². The van der Waals surface area contributed by atoms with E-state index in [-0.39, 0.29) is 46.0 Å². The lowest BCUT2D eigenvalue weighted by Gasteiger charge is -2.33. The van der Waals surface area contributed by atoms with E-state index in [1.54, 1.807) is 6.92 Å². The molecule has 1 aliphatic heterocycles. The number of hydrogen-bond donors (Lipinski definition) is 1. The van der Waals surface area contributed by atoms with E-state index in [9.17, 15) is 14.7 Å². The first-order valence-corrected chi connectivity index (χ1v) is 7.36. The van der Waals surface area contributed by atoms with Crippen LogP contribution in [-0.2, 0) is 4.74 Å². The normalized spacial score (nSPS) is 23.5. The Morgan fingerprint density at radius 1 is 1.13 bits per heavy atom. The largest absolute Gasteiger partial charge is 0.504 e. The van der Waals surface area contributed by atoms with Crippen molar-refractivity contribution in [1.29, 1.82) is 0 Å². The molecule has 23 heavy (non-hydrogen) atoms. The Morgan fingerprint density at radius 2 is 1.78 bits per heavy atom. The predicted octanol–water partition coefficient (Wildman–Crippen LogP) is 2.28. The van der Waals surface area contributed by atoms with Crippen molar-refractivity contribution in [2.45, 2.75) is 32.5 Å². The highest BCUT2D eigenvalue weighted by atomic mass is 16.5. The molecule has 3 rings (SSSR count). The third-order valence-electron chi connectivity index (χ3n) is 4.27. The van der Waals surface area contributed by atoms with Gasteiger partial charge in [0.05, 0.1) is 32.0 Å². The Labute approximate surface area is 133 Å². The zero-order valence-corrected chi connectivity index (χ0v) is 13.4. The Morgan fingerprint density at radius 3 is 2.39 bits per heavy atom. The predicted molar refractivity (Wildman–Crippen MR) is 81.5 cm³/mol. The van der Waals surface area contributed by atoms with Crippen molar-refractivity contribution >= 4 is 11.6 Å². The maximum atomic E-state index is 13.0. The smallest absolute Gasteiger partial charge is 0.203 e. The second-order valence-electron chi connectivity index (χ2n) is 5.73. The Bertz CT molecular complexity index is 746. The molecular weight excluding hydrogens is 300 g/mol. The number of fused-ring (bicyclic) bond motifs is 1. The number of methoxy groups -OCH3 is 2. The summed E-state index contributed by atoms with van der Waals surface area (Å²) in [5, 5.41) is 10.1. The molecule has 0 saturated carbocycles. The molecule has 1 unspecified atom stereocenters. The van der Waals surface area contributed by atoms with E-state index in [1.807, 2.05) is 6.92 Å². The minimum atomic E-state index is -0.470. The molecule has 0 aromatic heterocycles. The summed E-state index contributed by atoms with van der Waals surface area (Å²) in [5.74, 6) is -0.717. The summed E-state index contributed by atoms with van der Waals surface area (Å²) in [4.78, 5) is 25.8. The summed E-state index contributed by atoms with van der Waals surface area (Å²) in [5.41, 5.74) is 1.09. The highest BCUT2D eigenvalue weighted by Crippen LogP contribution is 2.46. The monoisotopic (exact) mass is 318 g/mol. The van der Waals surface area contributed by atoms with Gasteiger partial charge in [-0.2, -0.15) is 0 Å². The van der Waals surface area contributed by atoms with Crippen LogP contribution >= 0.6 is 0 Å². The fourth-order valence-corrected chi connectivity index (χ4v) is 3.36. The highest BCUT2D eigenvalue weighted by molar-refractivity contribution is 6.28. The number of benzene rings is 1. The van der Waals surface area contributed by atoms with Crippen LogP contribution in [-0.4, -0.2) is 43.1 Å². The summed E-state index contributed by atoms with van der Waals surface area (Å²) in [6, 6.07) is 1.27. The second-order valence-corrected chi connectivity index (χ2v) is 5.73. The van der Waals surface area contributed by atoms with Gasteiger partial charge < -0.3 is 19.3 Å². The van der Waals surface area contributed by atoms with Crippen LogP contribution < -0.4 is 9.47 Å². The molecule has 1 aliphatic carbocycles. The molecule has 0 radical (unpaired) electrons. The van der Waals surface area contributed by atoms with E-state index in [0.717, 1.165) is 0 Å². The summed E-state index contributed by atoms with van der Waals surface area (Å²) in [6.45, 7) is 3.62. The second kappa shape index (κ2) is 5.38. The lowest BCUT2D eigenvalue weighted by Crippen LogP contribution is -2.36. The number of phenols is 1. The number of carbonyl (C=O) groups excluding carboxylic acids is 2. The minimum Gasteiger partial charge on any atom is -0.504 e. The lowest BCUT2D eigenvalue weighted by molar-refractivity contribution is 0.0148. The quantitative estimate of drug-likeness (QED) is 0.901. The molecule has 1 aromatic rings. The van der Waals surface area contributed by atoms with E-state index < -0.39 is 6.10 Å². The molecule has 0 spiro atoms. The van der Waals surface area contributed by atoms with E-state index in [0.29, 0.717) is 17.6 Å². The van der Waals surface area contributed by atoms with Crippen molar-refractivity contribution in [2.75, 3.05) is 14.2 Å². The average Bonchev–Trinajstić information content (AvgIpc) is 2.50. The highest BCUT2D eigenvalue weighted by Gasteiger charge is 2.41. The summed E-state index contributed by atoms with van der Waals surface area (Å²) in [7, 11) is 2.72. The topological polar surface area (TPSA) is 82.1 Å². The lowest BCUT2D eigenvalue weighted by atomic mass is 9.78. The zero-order chi connectivity index (χ0) is 16.9. The molecule has 1 N–H and O–H groups in total. The van der Waals surface area contributed by atoms with Gasteiger partial charge in [0.25, 0.3) is 0 Å². The number of aromatic hydroxyl groups is 1. The van der Waals surface area contributed by atoms with Gasteiger partial charge in [-0.05, 0) is 19.9 Å². The molecule has 122 valence electrons. The van der Waals surface area contributed by atoms with Crippen LogP contribution in [0.2, 0.25) is 0 Å². The van der Waals surface area contributed by atoms with Crippen molar-refractivity contribution in [2.24, 2.45) is 0 Å². The molecule has 1 heterocycles. The van der Waals surface area contributed by atoms with Crippen LogP contribution in [0.25, 0.3) is 0 Å². The van der Waals surface area contributed by atoms with Crippen molar-refractivity contribution < 1.29 is 28.9 Å². The number of ether oxygens (including phenoxy) is 3. The first-order chi connectivity index (χ1) is 10.9. The maximum absolute atomic E-state index is 13.0. The molecule has 2 aliphatic rings. The first-order valence-electron chi connectivity index (χ1n) is 7.36. The molecule has 0 bridgehead atoms. The molecule has 1 aromatic carbocycles. The van der Waals surface area contributed by atoms with Crippen LogP contribution in [0.4, 0.5) is 0 Å². The van der Waals surface area contributed by atoms with E-state index in [1.165, 1.54) is 20.3 Å². The number of carbonyl (C=O) groups is 2. The average molecular weight is 318 g/mol. The fraction of sp³-hybridized carbons (Fsp3) is 0.412. The van der Waals surface area contributed by atoms with Crippen LogP contribution in [0, 0.1) is 0 Å².